The fraction of sp³-hybridized carbons (Fsp3) is 0.348. The van der Waals surface area contributed by atoms with Crippen molar-refractivity contribution in [2.45, 2.75) is 39.7 Å². The van der Waals surface area contributed by atoms with E-state index in [0.717, 1.165) is 28.6 Å². The number of rotatable bonds is 10. The van der Waals surface area contributed by atoms with E-state index in [1.165, 1.54) is 18.3 Å². The van der Waals surface area contributed by atoms with Gasteiger partial charge in [-0.05, 0) is 70.2 Å². The van der Waals surface area contributed by atoms with E-state index in [2.05, 4.69) is 38.7 Å². The molecule has 0 aliphatic heterocycles. The molecule has 0 aliphatic rings. The Morgan fingerprint density at radius 2 is 1.94 bits per heavy atom. The van der Waals surface area contributed by atoms with Crippen molar-refractivity contribution in [2.75, 3.05) is 6.61 Å². The number of ether oxygens (including phenoxy) is 1. The molecule has 9 heteroatoms. The fourth-order valence-corrected chi connectivity index (χ4v) is 3.71. The fourth-order valence-electron chi connectivity index (χ4n) is 2.71. The first kappa shape index (κ1) is 26.2. The minimum atomic E-state index is -0.799. The maximum Gasteiger partial charge on any atom is 0.262 e. The molecule has 1 atom stereocenters. The first-order valence-electron chi connectivity index (χ1n) is 10.2. The Hall–Kier alpha value is -2.09. The molecule has 0 heterocycles. The molecule has 2 aromatic rings. The summed E-state index contributed by atoms with van der Waals surface area (Å²) in [6.45, 7) is 6.41. The number of nitrogens with one attached hydrogen (secondary N) is 2. The molecule has 0 radical (unpaired) electrons. The van der Waals surface area contributed by atoms with Crippen molar-refractivity contribution in [2.24, 2.45) is 11.0 Å². The predicted molar refractivity (Wildman–Crippen MR) is 133 cm³/mol. The molecule has 0 spiro atoms. The van der Waals surface area contributed by atoms with Gasteiger partial charge in [-0.1, -0.05) is 50.4 Å². The van der Waals surface area contributed by atoms with E-state index in [1.54, 1.807) is 6.07 Å². The molecule has 0 fully saturated rings. The summed E-state index contributed by atoms with van der Waals surface area (Å²) in [5.41, 5.74) is 3.50. The van der Waals surface area contributed by atoms with E-state index in [-0.39, 0.29) is 16.5 Å². The number of hydrogen-bond donors (Lipinski definition) is 2. The van der Waals surface area contributed by atoms with E-state index >= 15 is 0 Å². The number of halogens is 3. The zero-order valence-corrected chi connectivity index (χ0v) is 21.2. The lowest BCUT2D eigenvalue weighted by atomic mass is 10.0. The number of amides is 2. The summed E-state index contributed by atoms with van der Waals surface area (Å²) in [6, 6.07) is 9.29. The van der Waals surface area contributed by atoms with Crippen molar-refractivity contribution in [1.29, 1.82) is 0 Å². The highest BCUT2D eigenvalue weighted by Gasteiger charge is 2.25. The quantitative estimate of drug-likeness (QED) is 0.225. The van der Waals surface area contributed by atoms with Gasteiger partial charge in [-0.2, -0.15) is 5.10 Å². The molecule has 2 amide bonds. The molecule has 6 nitrogen and oxygen atoms in total. The van der Waals surface area contributed by atoms with E-state index in [1.807, 2.05) is 32.0 Å². The largest absolute Gasteiger partial charge is 0.492 e. The zero-order chi connectivity index (χ0) is 23.7. The Morgan fingerprint density at radius 1 is 1.19 bits per heavy atom. The summed E-state index contributed by atoms with van der Waals surface area (Å²) < 4.78 is 6.50. The number of unbranched alkanes of at least 4 members (excludes halogenated alkanes) is 1. The maximum absolute atomic E-state index is 12.6. The minimum absolute atomic E-state index is 0.172. The van der Waals surface area contributed by atoms with Gasteiger partial charge in [0.25, 0.3) is 11.8 Å². The average Bonchev–Trinajstić information content (AvgIpc) is 2.73. The normalized spacial score (nSPS) is 12.1. The number of benzene rings is 2. The van der Waals surface area contributed by atoms with Crippen LogP contribution in [0.15, 0.2) is 46.0 Å². The number of carbonyl (C=O) groups is 2. The third-order valence-corrected chi connectivity index (χ3v) is 5.68. The van der Waals surface area contributed by atoms with Gasteiger partial charge >= 0.3 is 0 Å². The van der Waals surface area contributed by atoms with Crippen LogP contribution in [-0.4, -0.2) is 30.7 Å². The molecule has 0 bridgehead atoms. The van der Waals surface area contributed by atoms with Gasteiger partial charge in [-0.25, -0.2) is 5.43 Å². The Morgan fingerprint density at radius 3 is 2.56 bits per heavy atom. The Labute approximate surface area is 206 Å². The number of carbonyl (C=O) groups excluding carboxylic acids is 2. The molecule has 2 rings (SSSR count). The molecule has 2 N–H and O–H groups in total. The molecule has 2 aromatic carbocycles. The Kier molecular flexibility index (Phi) is 10.5. The molecular formula is C23H26BrCl2N3O3. The summed E-state index contributed by atoms with van der Waals surface area (Å²) in [5, 5.41) is 7.36. The summed E-state index contributed by atoms with van der Waals surface area (Å²) in [6.07, 6.45) is 3.57. The van der Waals surface area contributed by atoms with Gasteiger partial charge in [0.2, 0.25) is 0 Å². The molecule has 0 aromatic heterocycles. The number of hydrogen-bond acceptors (Lipinski definition) is 4. The van der Waals surface area contributed by atoms with Crippen molar-refractivity contribution in [3.63, 3.8) is 0 Å². The first-order valence-corrected chi connectivity index (χ1v) is 11.8. The lowest BCUT2D eigenvalue weighted by Crippen LogP contribution is -2.48. The second-order valence-corrected chi connectivity index (χ2v) is 9.14. The highest BCUT2D eigenvalue weighted by molar-refractivity contribution is 9.10. The predicted octanol–water partition coefficient (Wildman–Crippen LogP) is 5.84. The van der Waals surface area contributed by atoms with Gasteiger partial charge in [0.15, 0.2) is 0 Å². The van der Waals surface area contributed by atoms with Gasteiger partial charge < -0.3 is 10.1 Å². The summed E-state index contributed by atoms with van der Waals surface area (Å²) in [7, 11) is 0. The lowest BCUT2D eigenvalue weighted by molar-refractivity contribution is -0.123. The van der Waals surface area contributed by atoms with Crippen LogP contribution in [0.4, 0.5) is 0 Å². The summed E-state index contributed by atoms with van der Waals surface area (Å²) in [4.78, 5) is 25.2. The summed E-state index contributed by atoms with van der Waals surface area (Å²) in [5.74, 6) is -0.322. The van der Waals surface area contributed by atoms with Gasteiger partial charge in [-0.3, -0.25) is 9.59 Å². The van der Waals surface area contributed by atoms with Crippen molar-refractivity contribution in [1.82, 2.24) is 10.7 Å². The number of hydrazone groups is 1. The van der Waals surface area contributed by atoms with Crippen LogP contribution in [0.5, 0.6) is 5.75 Å². The molecule has 0 aliphatic carbocycles. The van der Waals surface area contributed by atoms with Gasteiger partial charge in [0.1, 0.15) is 11.8 Å². The molecule has 172 valence electrons. The van der Waals surface area contributed by atoms with Crippen molar-refractivity contribution < 1.29 is 14.3 Å². The van der Waals surface area contributed by atoms with Crippen molar-refractivity contribution in [3.05, 3.63) is 62.0 Å². The summed E-state index contributed by atoms with van der Waals surface area (Å²) >= 11 is 15.5. The van der Waals surface area contributed by atoms with E-state index in [0.29, 0.717) is 11.6 Å². The molecule has 32 heavy (non-hydrogen) atoms. The van der Waals surface area contributed by atoms with Crippen molar-refractivity contribution >= 4 is 57.2 Å². The monoisotopic (exact) mass is 541 g/mol. The van der Waals surface area contributed by atoms with Crippen LogP contribution in [0.3, 0.4) is 0 Å². The second kappa shape index (κ2) is 12.8. The van der Waals surface area contributed by atoms with E-state index in [9.17, 15) is 9.59 Å². The molecular weight excluding hydrogens is 517 g/mol. The van der Waals surface area contributed by atoms with Crippen LogP contribution < -0.4 is 15.5 Å². The zero-order valence-electron chi connectivity index (χ0n) is 18.1. The highest BCUT2D eigenvalue weighted by atomic mass is 79.9. The molecule has 0 saturated heterocycles. The smallest absolute Gasteiger partial charge is 0.262 e. The average molecular weight is 543 g/mol. The SMILES string of the molecule is CCCCOc1ccc(/C=N/NC(=O)C(NC(=O)c2ccc(Cl)cc2Cl)C(C)C)cc1Br. The first-order chi connectivity index (χ1) is 15.2. The van der Waals surface area contributed by atoms with E-state index in [4.69, 9.17) is 27.9 Å². The Balaban J connectivity index is 2.00. The second-order valence-electron chi connectivity index (χ2n) is 7.45. The van der Waals surface area contributed by atoms with Gasteiger partial charge in [0.05, 0.1) is 27.9 Å². The van der Waals surface area contributed by atoms with Gasteiger partial charge in [-0.15, -0.1) is 0 Å². The molecule has 0 saturated carbocycles. The maximum atomic E-state index is 12.6. The minimum Gasteiger partial charge on any atom is -0.492 e. The molecule has 1 unspecified atom stereocenters. The lowest BCUT2D eigenvalue weighted by Gasteiger charge is -2.20. The van der Waals surface area contributed by atoms with Gasteiger partial charge in [0, 0.05) is 5.02 Å². The standard InChI is InChI=1S/C23H26BrCl2N3O3/c1-4-5-10-32-20-9-6-15(11-18(20)24)13-27-29-23(31)21(14(2)3)28-22(30)17-8-7-16(25)12-19(17)26/h6-9,11-14,21H,4-5,10H2,1-3H3,(H,28,30)(H,29,31)/b27-13+. The van der Waals surface area contributed by atoms with Crippen LogP contribution in [0.25, 0.3) is 0 Å². The third kappa shape index (κ3) is 7.80. The highest BCUT2D eigenvalue weighted by Crippen LogP contribution is 2.26. The van der Waals surface area contributed by atoms with Crippen LogP contribution in [0.2, 0.25) is 10.0 Å². The van der Waals surface area contributed by atoms with Crippen molar-refractivity contribution in [3.8, 4) is 5.75 Å². The van der Waals surface area contributed by atoms with E-state index < -0.39 is 17.9 Å². The number of nitrogens with zero attached hydrogens (tertiary/aromatic N) is 1. The third-order valence-electron chi connectivity index (χ3n) is 4.51. The topological polar surface area (TPSA) is 79.8 Å². The Bertz CT molecular complexity index is 983. The van der Waals surface area contributed by atoms with Crippen LogP contribution >= 0.6 is 39.1 Å². The van der Waals surface area contributed by atoms with Crippen LogP contribution in [-0.2, 0) is 4.79 Å². The van der Waals surface area contributed by atoms with Crippen LogP contribution in [0, 0.1) is 5.92 Å². The van der Waals surface area contributed by atoms with Crippen LogP contribution in [0.1, 0.15) is 49.5 Å².